The molecule has 0 bridgehead atoms. The summed E-state index contributed by atoms with van der Waals surface area (Å²) < 4.78 is 0. The first-order valence-electron chi connectivity index (χ1n) is 5.24. The summed E-state index contributed by atoms with van der Waals surface area (Å²) in [5.74, 6) is 3.28. The molecule has 1 heteroatoms. The van der Waals surface area contributed by atoms with Gasteiger partial charge in [0.25, 0.3) is 0 Å². The number of rotatable bonds is 1. The highest BCUT2D eigenvalue weighted by Gasteiger charge is 2.04. The van der Waals surface area contributed by atoms with E-state index in [9.17, 15) is 0 Å². The maximum absolute atomic E-state index is 3.29. The molecule has 1 aromatic rings. The average molecular weight is 214 g/mol. The van der Waals surface area contributed by atoms with E-state index in [1.807, 2.05) is 0 Å². The lowest BCUT2D eigenvalue weighted by Gasteiger charge is -2.07. The van der Waals surface area contributed by atoms with Crippen molar-refractivity contribution >= 4 is 14.7 Å². The molecule has 0 aliphatic carbocycles. The zero-order valence-corrected chi connectivity index (χ0v) is 11.2. The van der Waals surface area contributed by atoms with Gasteiger partial charge in [-0.2, -0.15) is 0 Å². The lowest BCUT2D eigenvalue weighted by atomic mass is 9.99. The summed E-state index contributed by atoms with van der Waals surface area (Å²) in [6.45, 7) is 10.8. The Hall–Kier alpha value is -1.00. The highest BCUT2D eigenvalue weighted by atomic mass is 28.2. The van der Waals surface area contributed by atoms with Gasteiger partial charge in [-0.15, -0.1) is 11.5 Å². The van der Waals surface area contributed by atoms with Gasteiger partial charge in [-0.25, -0.2) is 0 Å². The third kappa shape index (κ3) is 3.93. The Kier molecular flexibility index (Phi) is 3.76. The van der Waals surface area contributed by atoms with E-state index >= 15 is 0 Å². The van der Waals surface area contributed by atoms with Gasteiger partial charge in [0, 0.05) is 5.41 Å². The first-order valence-corrected chi connectivity index (χ1v) is 6.24. The van der Waals surface area contributed by atoms with Crippen molar-refractivity contribution in [3.8, 4) is 11.5 Å². The number of aryl methyl sites for hydroxylation is 1. The summed E-state index contributed by atoms with van der Waals surface area (Å²) in [6.07, 6.45) is 0. The van der Waals surface area contributed by atoms with Gasteiger partial charge in [-0.1, -0.05) is 18.2 Å². The lowest BCUT2D eigenvalue weighted by molar-refractivity contribution is 0.571. The molecule has 0 aliphatic rings. The third-order valence-corrected chi connectivity index (χ3v) is 3.30. The molecule has 0 atom stereocenters. The highest BCUT2D eigenvalue weighted by molar-refractivity contribution is 6.62. The highest BCUT2D eigenvalue weighted by Crippen LogP contribution is 2.09. The molecule has 2 radical (unpaired) electrons. The van der Waals surface area contributed by atoms with E-state index in [2.05, 4.69) is 64.3 Å². The smallest absolute Gasteiger partial charge is 0.129 e. The van der Waals surface area contributed by atoms with Crippen molar-refractivity contribution in [1.29, 1.82) is 0 Å². The van der Waals surface area contributed by atoms with Crippen LogP contribution in [0.25, 0.3) is 0 Å². The second-order valence-corrected chi connectivity index (χ2v) is 5.91. The zero-order valence-electron chi connectivity index (χ0n) is 10.2. The van der Waals surface area contributed by atoms with Gasteiger partial charge in [0.2, 0.25) is 0 Å². The monoisotopic (exact) mass is 214 g/mol. The maximum atomic E-state index is 3.29. The van der Waals surface area contributed by atoms with Crippen molar-refractivity contribution in [2.45, 2.75) is 34.6 Å². The fraction of sp³-hybridized carbons (Fsp3) is 0.429. The predicted octanol–water partition coefficient (Wildman–Crippen LogP) is 2.64. The SMILES string of the molecule is Cc1cccc([Si]C#CC(C)(C)C)c1C. The van der Waals surface area contributed by atoms with Crippen molar-refractivity contribution in [2.75, 3.05) is 0 Å². The molecule has 0 heterocycles. The molecule has 0 amide bonds. The van der Waals surface area contributed by atoms with Gasteiger partial charge in [0.15, 0.2) is 9.52 Å². The van der Waals surface area contributed by atoms with Crippen LogP contribution in [0.2, 0.25) is 0 Å². The first kappa shape index (κ1) is 12.1. The molecule has 15 heavy (non-hydrogen) atoms. The van der Waals surface area contributed by atoms with Gasteiger partial charge in [-0.05, 0) is 50.9 Å². The van der Waals surface area contributed by atoms with Gasteiger partial charge in [-0.3, -0.25) is 0 Å². The van der Waals surface area contributed by atoms with Gasteiger partial charge < -0.3 is 0 Å². The van der Waals surface area contributed by atoms with Crippen molar-refractivity contribution in [3.63, 3.8) is 0 Å². The Labute approximate surface area is 95.9 Å². The molecule has 0 saturated carbocycles. The molecule has 0 spiro atoms. The van der Waals surface area contributed by atoms with Crippen LogP contribution in [0.3, 0.4) is 0 Å². The number of hydrogen-bond donors (Lipinski definition) is 0. The quantitative estimate of drug-likeness (QED) is 0.498. The Morgan fingerprint density at radius 1 is 1.13 bits per heavy atom. The molecule has 0 saturated heterocycles. The summed E-state index contributed by atoms with van der Waals surface area (Å²) in [6, 6.07) is 6.45. The summed E-state index contributed by atoms with van der Waals surface area (Å²) in [7, 11) is 0.612. The summed E-state index contributed by atoms with van der Waals surface area (Å²) in [5, 5.41) is 1.38. The largest absolute Gasteiger partial charge is 0.186 e. The predicted molar refractivity (Wildman–Crippen MR) is 68.5 cm³/mol. The van der Waals surface area contributed by atoms with E-state index in [-0.39, 0.29) is 5.41 Å². The van der Waals surface area contributed by atoms with Crippen LogP contribution in [0.5, 0.6) is 0 Å². The standard InChI is InChI=1S/C14H18Si/c1-11-7-6-8-13(12(11)2)15-10-9-14(3,4)5/h6-8H,1-5H3. The zero-order chi connectivity index (χ0) is 11.5. The third-order valence-electron chi connectivity index (χ3n) is 2.24. The Balaban J connectivity index is 2.81. The molecule has 0 nitrogen and oxygen atoms in total. The van der Waals surface area contributed by atoms with Crippen LogP contribution in [0.1, 0.15) is 31.9 Å². The Bertz CT molecular complexity index is 400. The molecular formula is C14H18Si. The van der Waals surface area contributed by atoms with Crippen molar-refractivity contribution in [3.05, 3.63) is 29.3 Å². The lowest BCUT2D eigenvalue weighted by Crippen LogP contribution is -2.17. The normalized spacial score (nSPS) is 10.7. The van der Waals surface area contributed by atoms with Crippen LogP contribution in [0, 0.1) is 30.7 Å². The fourth-order valence-corrected chi connectivity index (χ4v) is 2.31. The van der Waals surface area contributed by atoms with E-state index in [4.69, 9.17) is 0 Å². The molecule has 0 aromatic heterocycles. The van der Waals surface area contributed by atoms with E-state index < -0.39 is 0 Å². The van der Waals surface area contributed by atoms with Crippen LogP contribution < -0.4 is 5.19 Å². The minimum atomic E-state index is 0.116. The van der Waals surface area contributed by atoms with Crippen LogP contribution >= 0.6 is 0 Å². The molecule has 0 aliphatic heterocycles. The topological polar surface area (TPSA) is 0 Å². The molecule has 1 aromatic carbocycles. The van der Waals surface area contributed by atoms with Crippen LogP contribution in [-0.2, 0) is 0 Å². The van der Waals surface area contributed by atoms with Crippen LogP contribution in [-0.4, -0.2) is 9.52 Å². The minimum Gasteiger partial charge on any atom is -0.129 e. The van der Waals surface area contributed by atoms with E-state index in [0.29, 0.717) is 9.52 Å². The van der Waals surface area contributed by atoms with Crippen molar-refractivity contribution < 1.29 is 0 Å². The molecule has 0 N–H and O–H groups in total. The van der Waals surface area contributed by atoms with Gasteiger partial charge >= 0.3 is 0 Å². The first-order chi connectivity index (χ1) is 6.90. The van der Waals surface area contributed by atoms with Gasteiger partial charge in [0.1, 0.15) is 0 Å². The number of hydrogen-bond acceptors (Lipinski definition) is 0. The van der Waals surface area contributed by atoms with E-state index in [1.54, 1.807) is 0 Å². The molecule has 78 valence electrons. The second kappa shape index (κ2) is 4.68. The number of benzene rings is 1. The summed E-state index contributed by atoms with van der Waals surface area (Å²) >= 11 is 0. The fourth-order valence-electron chi connectivity index (χ4n) is 1.17. The van der Waals surface area contributed by atoms with Crippen molar-refractivity contribution in [2.24, 2.45) is 5.41 Å². The van der Waals surface area contributed by atoms with Crippen LogP contribution in [0.4, 0.5) is 0 Å². The Morgan fingerprint density at radius 2 is 1.80 bits per heavy atom. The van der Waals surface area contributed by atoms with Crippen LogP contribution in [0.15, 0.2) is 18.2 Å². The van der Waals surface area contributed by atoms with E-state index in [1.165, 1.54) is 16.3 Å². The summed E-state index contributed by atoms with van der Waals surface area (Å²) in [4.78, 5) is 0. The minimum absolute atomic E-state index is 0.116. The molecule has 0 unspecified atom stereocenters. The average Bonchev–Trinajstić information content (AvgIpc) is 2.10. The van der Waals surface area contributed by atoms with Gasteiger partial charge in [0.05, 0.1) is 0 Å². The second-order valence-electron chi connectivity index (χ2n) is 4.87. The Morgan fingerprint density at radius 3 is 2.40 bits per heavy atom. The summed E-state index contributed by atoms with van der Waals surface area (Å²) in [5.41, 5.74) is 6.15. The van der Waals surface area contributed by atoms with Crippen molar-refractivity contribution in [1.82, 2.24) is 0 Å². The molecule has 0 fully saturated rings. The van der Waals surface area contributed by atoms with E-state index in [0.717, 1.165) is 0 Å². The maximum Gasteiger partial charge on any atom is 0.186 e. The molecule has 1 rings (SSSR count). The molecular weight excluding hydrogens is 196 g/mol.